The number of carbonyl (C=O) groups excluding carboxylic acids is 1. The first kappa shape index (κ1) is 23.8. The summed E-state index contributed by atoms with van der Waals surface area (Å²) < 4.78 is 11.9. The molecule has 2 N–H and O–H groups in total. The minimum atomic E-state index is -0.135. The van der Waals surface area contributed by atoms with Crippen LogP contribution in [0.2, 0.25) is 0 Å². The third-order valence-corrected chi connectivity index (χ3v) is 5.48. The molecule has 0 aliphatic rings. The Balaban J connectivity index is 1.49. The van der Waals surface area contributed by atoms with Crippen LogP contribution in [0, 0.1) is 0 Å². The highest BCUT2D eigenvalue weighted by atomic mass is 16.5. The van der Waals surface area contributed by atoms with Crippen LogP contribution in [-0.2, 0) is 19.5 Å². The number of aromatic nitrogens is 3. The lowest BCUT2D eigenvalue weighted by Gasteiger charge is -2.08. The number of hydrogen-bond acceptors (Lipinski definition) is 7. The third kappa shape index (κ3) is 6.60. The van der Waals surface area contributed by atoms with Crippen LogP contribution in [0.1, 0.15) is 27.9 Å². The molecular weight excluding hydrogens is 442 g/mol. The summed E-state index contributed by atoms with van der Waals surface area (Å²) in [4.78, 5) is 17.6. The van der Waals surface area contributed by atoms with Crippen LogP contribution in [0.25, 0.3) is 0 Å². The molecule has 0 radical (unpaired) electrons. The zero-order valence-electron chi connectivity index (χ0n) is 19.9. The summed E-state index contributed by atoms with van der Waals surface area (Å²) in [5.74, 6) is 2.17. The highest BCUT2D eigenvalue weighted by Gasteiger charge is 2.16. The second-order valence-corrected chi connectivity index (χ2v) is 7.96. The van der Waals surface area contributed by atoms with Gasteiger partial charge in [0.2, 0.25) is 17.8 Å². The standard InChI is InChI=1S/C27H29N5O3/c1-34-23-12-6-10-21(16-23)18-28-26-30-27(29-19-22-11-7-13-24(17-22)35-2)32(31-26)25(33)15-14-20-8-4-3-5-9-20/h3-13,16-17H,14-15,18-19H2,1-2H3,(H2,28,29,30,31). The maximum Gasteiger partial charge on any atom is 0.250 e. The average Bonchev–Trinajstić information content (AvgIpc) is 3.33. The van der Waals surface area contributed by atoms with Crippen molar-refractivity contribution >= 4 is 17.8 Å². The van der Waals surface area contributed by atoms with E-state index >= 15 is 0 Å². The van der Waals surface area contributed by atoms with Gasteiger partial charge in [-0.2, -0.15) is 9.67 Å². The minimum absolute atomic E-state index is 0.135. The molecule has 0 amide bonds. The normalized spacial score (nSPS) is 10.6. The fourth-order valence-electron chi connectivity index (χ4n) is 3.60. The first-order chi connectivity index (χ1) is 17.1. The van der Waals surface area contributed by atoms with Crippen molar-refractivity contribution in [3.8, 4) is 11.5 Å². The van der Waals surface area contributed by atoms with Crippen molar-refractivity contribution in [2.75, 3.05) is 24.9 Å². The van der Waals surface area contributed by atoms with Gasteiger partial charge in [-0.25, -0.2) is 0 Å². The third-order valence-electron chi connectivity index (χ3n) is 5.48. The number of methoxy groups -OCH3 is 2. The van der Waals surface area contributed by atoms with Gasteiger partial charge in [-0.1, -0.05) is 54.6 Å². The SMILES string of the molecule is COc1cccc(CNc2nc(NCc3cccc(OC)c3)n(C(=O)CCc3ccccc3)n2)c1. The van der Waals surface area contributed by atoms with Gasteiger partial charge < -0.3 is 20.1 Å². The Labute approximate surface area is 204 Å². The lowest BCUT2D eigenvalue weighted by molar-refractivity contribution is 0.0890. The maximum absolute atomic E-state index is 13.1. The number of aryl methyl sites for hydroxylation is 1. The lowest BCUT2D eigenvalue weighted by Crippen LogP contribution is -2.17. The first-order valence-electron chi connectivity index (χ1n) is 11.4. The van der Waals surface area contributed by atoms with Crippen LogP contribution in [0.5, 0.6) is 11.5 Å². The van der Waals surface area contributed by atoms with Crippen LogP contribution < -0.4 is 20.1 Å². The van der Waals surface area contributed by atoms with Gasteiger partial charge in [-0.3, -0.25) is 4.79 Å². The van der Waals surface area contributed by atoms with Crippen LogP contribution in [0.3, 0.4) is 0 Å². The Morgan fingerprint density at radius 3 is 2.03 bits per heavy atom. The molecule has 1 heterocycles. The fraction of sp³-hybridized carbons (Fsp3) is 0.222. The average molecular weight is 472 g/mol. The molecule has 180 valence electrons. The molecule has 8 heteroatoms. The molecule has 1 aromatic heterocycles. The van der Waals surface area contributed by atoms with Gasteiger partial charge in [0.1, 0.15) is 11.5 Å². The summed E-state index contributed by atoms with van der Waals surface area (Å²) in [6, 6.07) is 25.4. The van der Waals surface area contributed by atoms with Gasteiger partial charge in [0.25, 0.3) is 0 Å². The van der Waals surface area contributed by atoms with Gasteiger partial charge >= 0.3 is 0 Å². The Kier molecular flexibility index (Phi) is 7.96. The number of rotatable bonds is 11. The van der Waals surface area contributed by atoms with E-state index in [1.165, 1.54) is 4.68 Å². The summed E-state index contributed by atoms with van der Waals surface area (Å²) in [6.45, 7) is 0.964. The quantitative estimate of drug-likeness (QED) is 0.325. The summed E-state index contributed by atoms with van der Waals surface area (Å²) in [6.07, 6.45) is 0.942. The number of ether oxygens (including phenoxy) is 2. The Bertz CT molecular complexity index is 1260. The molecule has 4 aromatic rings. The Morgan fingerprint density at radius 1 is 0.800 bits per heavy atom. The van der Waals surface area contributed by atoms with Crippen molar-refractivity contribution in [2.45, 2.75) is 25.9 Å². The number of hydrogen-bond donors (Lipinski definition) is 2. The van der Waals surface area contributed by atoms with Gasteiger partial charge in [0.15, 0.2) is 0 Å². The number of carbonyl (C=O) groups is 1. The predicted molar refractivity (Wildman–Crippen MR) is 136 cm³/mol. The van der Waals surface area contributed by atoms with Crippen molar-refractivity contribution in [1.82, 2.24) is 14.8 Å². The zero-order valence-corrected chi connectivity index (χ0v) is 19.9. The molecule has 0 aliphatic carbocycles. The van der Waals surface area contributed by atoms with Crippen LogP contribution in [0.15, 0.2) is 78.9 Å². The van der Waals surface area contributed by atoms with E-state index in [1.807, 2.05) is 78.9 Å². The molecule has 0 aliphatic heterocycles. The molecule has 0 saturated carbocycles. The summed E-state index contributed by atoms with van der Waals surface area (Å²) in [7, 11) is 3.27. The Morgan fingerprint density at radius 2 is 1.40 bits per heavy atom. The largest absolute Gasteiger partial charge is 0.497 e. The van der Waals surface area contributed by atoms with E-state index in [9.17, 15) is 4.79 Å². The predicted octanol–water partition coefficient (Wildman–Crippen LogP) is 4.79. The van der Waals surface area contributed by atoms with E-state index in [0.29, 0.717) is 37.8 Å². The van der Waals surface area contributed by atoms with Gasteiger partial charge in [0, 0.05) is 19.5 Å². The van der Waals surface area contributed by atoms with Crippen molar-refractivity contribution in [2.24, 2.45) is 0 Å². The maximum atomic E-state index is 13.1. The first-order valence-corrected chi connectivity index (χ1v) is 11.4. The van der Waals surface area contributed by atoms with Crippen LogP contribution in [-0.4, -0.2) is 34.9 Å². The van der Waals surface area contributed by atoms with Crippen molar-refractivity contribution in [3.63, 3.8) is 0 Å². The molecule has 0 bridgehead atoms. The van der Waals surface area contributed by atoms with E-state index in [-0.39, 0.29) is 5.91 Å². The molecule has 8 nitrogen and oxygen atoms in total. The Hall–Kier alpha value is -4.33. The molecule has 4 rings (SSSR count). The number of nitrogens with one attached hydrogen (secondary N) is 2. The highest BCUT2D eigenvalue weighted by molar-refractivity contribution is 5.81. The minimum Gasteiger partial charge on any atom is -0.497 e. The van der Waals surface area contributed by atoms with Crippen molar-refractivity contribution in [3.05, 3.63) is 95.6 Å². The molecule has 0 spiro atoms. The van der Waals surface area contributed by atoms with Crippen LogP contribution in [0.4, 0.5) is 11.9 Å². The molecular formula is C27H29N5O3. The van der Waals surface area contributed by atoms with Gasteiger partial charge in [-0.05, 0) is 47.4 Å². The smallest absolute Gasteiger partial charge is 0.250 e. The van der Waals surface area contributed by atoms with E-state index < -0.39 is 0 Å². The van der Waals surface area contributed by atoms with E-state index in [2.05, 4.69) is 20.7 Å². The van der Waals surface area contributed by atoms with E-state index in [0.717, 1.165) is 28.2 Å². The molecule has 3 aromatic carbocycles. The lowest BCUT2D eigenvalue weighted by atomic mass is 10.1. The molecule has 0 fully saturated rings. The summed E-state index contributed by atoms with van der Waals surface area (Å²) >= 11 is 0. The van der Waals surface area contributed by atoms with E-state index in [1.54, 1.807) is 14.2 Å². The molecule has 0 saturated heterocycles. The summed E-state index contributed by atoms with van der Waals surface area (Å²) in [5, 5.41) is 10.9. The van der Waals surface area contributed by atoms with Gasteiger partial charge in [0.05, 0.1) is 14.2 Å². The second kappa shape index (κ2) is 11.7. The van der Waals surface area contributed by atoms with Gasteiger partial charge in [-0.15, -0.1) is 5.10 Å². The second-order valence-electron chi connectivity index (χ2n) is 7.96. The molecule has 0 unspecified atom stereocenters. The van der Waals surface area contributed by atoms with Crippen LogP contribution >= 0.6 is 0 Å². The highest BCUT2D eigenvalue weighted by Crippen LogP contribution is 2.18. The fourth-order valence-corrected chi connectivity index (χ4v) is 3.60. The zero-order chi connectivity index (χ0) is 24.5. The monoisotopic (exact) mass is 471 g/mol. The number of anilines is 2. The number of nitrogens with zero attached hydrogens (tertiary/aromatic N) is 3. The molecule has 0 atom stereocenters. The topological polar surface area (TPSA) is 90.3 Å². The van der Waals surface area contributed by atoms with E-state index in [4.69, 9.17) is 9.47 Å². The molecule has 35 heavy (non-hydrogen) atoms. The van der Waals surface area contributed by atoms with Crippen molar-refractivity contribution in [1.29, 1.82) is 0 Å². The van der Waals surface area contributed by atoms with Crippen molar-refractivity contribution < 1.29 is 14.3 Å². The summed E-state index contributed by atoms with van der Waals surface area (Å²) in [5.41, 5.74) is 3.12. The number of benzene rings is 3.